The highest BCUT2D eigenvalue weighted by Gasteiger charge is 2.19. The Morgan fingerprint density at radius 1 is 1.00 bits per heavy atom. The van der Waals surface area contributed by atoms with Crippen molar-refractivity contribution in [3.05, 3.63) is 71.6 Å². The molecule has 5 nitrogen and oxygen atoms in total. The van der Waals surface area contributed by atoms with E-state index in [1.54, 1.807) is 11.3 Å². The number of thiophene rings is 1. The molecule has 144 valence electrons. The minimum atomic E-state index is 0.251. The number of anilines is 2. The molecule has 1 saturated heterocycles. The summed E-state index contributed by atoms with van der Waals surface area (Å²) in [5.74, 6) is 1.77. The van der Waals surface area contributed by atoms with Crippen LogP contribution in [0.4, 0.5) is 11.5 Å². The topological polar surface area (TPSA) is 58.1 Å². The van der Waals surface area contributed by atoms with Gasteiger partial charge in [-0.05, 0) is 47.7 Å². The number of rotatable bonds is 5. The van der Waals surface area contributed by atoms with Crippen LogP contribution in [0.3, 0.4) is 0 Å². The van der Waals surface area contributed by atoms with Gasteiger partial charge in [0.05, 0.1) is 10.4 Å². The van der Waals surface area contributed by atoms with Gasteiger partial charge < -0.3 is 10.2 Å². The molecule has 1 aliphatic heterocycles. The Labute approximate surface area is 173 Å². The smallest absolute Gasteiger partial charge is 0.222 e. The second-order valence-corrected chi connectivity index (χ2v) is 8.08. The van der Waals surface area contributed by atoms with Crippen LogP contribution in [-0.2, 0) is 11.3 Å². The molecule has 1 aliphatic rings. The highest BCUT2D eigenvalue weighted by molar-refractivity contribution is 7.13. The Kier molecular flexibility index (Phi) is 4.69. The van der Waals surface area contributed by atoms with Gasteiger partial charge in [0, 0.05) is 30.6 Å². The summed E-state index contributed by atoms with van der Waals surface area (Å²) >= 11 is 1.63. The van der Waals surface area contributed by atoms with Crippen LogP contribution in [0.1, 0.15) is 18.4 Å². The maximum atomic E-state index is 11.8. The fourth-order valence-electron chi connectivity index (χ4n) is 3.61. The third-order valence-electron chi connectivity index (χ3n) is 5.11. The minimum absolute atomic E-state index is 0.251. The number of carbonyl (C=O) groups is 1. The van der Waals surface area contributed by atoms with Gasteiger partial charge in [0.15, 0.2) is 5.82 Å². The Bertz CT molecular complexity index is 1160. The van der Waals surface area contributed by atoms with Gasteiger partial charge in [-0.2, -0.15) is 0 Å². The van der Waals surface area contributed by atoms with Crippen molar-refractivity contribution >= 4 is 39.7 Å². The van der Waals surface area contributed by atoms with Crippen molar-refractivity contribution in [2.75, 3.05) is 11.9 Å². The van der Waals surface area contributed by atoms with Crippen molar-refractivity contribution in [2.24, 2.45) is 0 Å². The van der Waals surface area contributed by atoms with Crippen molar-refractivity contribution in [3.8, 4) is 10.7 Å². The first-order valence-electron chi connectivity index (χ1n) is 9.71. The molecule has 0 radical (unpaired) electrons. The van der Waals surface area contributed by atoms with E-state index in [1.165, 1.54) is 0 Å². The Hall–Kier alpha value is -3.25. The second-order valence-electron chi connectivity index (χ2n) is 7.13. The van der Waals surface area contributed by atoms with Gasteiger partial charge in [0.2, 0.25) is 5.91 Å². The van der Waals surface area contributed by atoms with Crippen molar-refractivity contribution < 1.29 is 4.79 Å². The van der Waals surface area contributed by atoms with Crippen molar-refractivity contribution in [3.63, 3.8) is 0 Å². The van der Waals surface area contributed by atoms with Gasteiger partial charge in [-0.1, -0.05) is 30.3 Å². The number of hydrogen-bond donors (Lipinski definition) is 1. The molecule has 1 amide bonds. The van der Waals surface area contributed by atoms with E-state index in [0.717, 1.165) is 51.6 Å². The summed E-state index contributed by atoms with van der Waals surface area (Å²) in [6.45, 7) is 1.54. The van der Waals surface area contributed by atoms with Gasteiger partial charge in [-0.15, -0.1) is 11.3 Å². The van der Waals surface area contributed by atoms with E-state index in [2.05, 4.69) is 17.4 Å². The van der Waals surface area contributed by atoms with Gasteiger partial charge in [0.25, 0.3) is 0 Å². The first-order valence-corrected chi connectivity index (χ1v) is 10.6. The summed E-state index contributed by atoms with van der Waals surface area (Å²) in [6, 6.07) is 20.3. The average molecular weight is 401 g/mol. The Balaban J connectivity index is 1.43. The molecule has 0 atom stereocenters. The lowest BCUT2D eigenvalue weighted by Crippen LogP contribution is -2.23. The molecule has 3 heterocycles. The number of nitrogens with one attached hydrogen (secondary N) is 1. The summed E-state index contributed by atoms with van der Waals surface area (Å²) in [4.78, 5) is 24.3. The molecule has 2 aromatic heterocycles. The van der Waals surface area contributed by atoms with Crippen molar-refractivity contribution in [1.29, 1.82) is 0 Å². The quantitative estimate of drug-likeness (QED) is 0.499. The van der Waals surface area contributed by atoms with E-state index >= 15 is 0 Å². The van der Waals surface area contributed by atoms with Gasteiger partial charge in [-0.3, -0.25) is 4.79 Å². The van der Waals surface area contributed by atoms with E-state index in [1.807, 2.05) is 58.8 Å². The normalized spacial score (nSPS) is 13.9. The maximum absolute atomic E-state index is 11.8. The molecule has 0 spiro atoms. The molecule has 0 aliphatic carbocycles. The van der Waals surface area contributed by atoms with E-state index in [-0.39, 0.29) is 5.91 Å². The molecule has 2 aromatic carbocycles. The molecule has 29 heavy (non-hydrogen) atoms. The lowest BCUT2D eigenvalue weighted by Gasteiger charge is -2.16. The van der Waals surface area contributed by atoms with Gasteiger partial charge >= 0.3 is 0 Å². The summed E-state index contributed by atoms with van der Waals surface area (Å²) in [6.07, 6.45) is 1.64. The summed E-state index contributed by atoms with van der Waals surface area (Å²) < 4.78 is 0. The third-order valence-corrected chi connectivity index (χ3v) is 5.97. The van der Waals surface area contributed by atoms with E-state index < -0.39 is 0 Å². The number of fused-ring (bicyclic) bond motifs is 1. The predicted molar refractivity (Wildman–Crippen MR) is 117 cm³/mol. The minimum Gasteiger partial charge on any atom is -0.340 e. The summed E-state index contributed by atoms with van der Waals surface area (Å²) in [5, 5.41) is 6.47. The highest BCUT2D eigenvalue weighted by atomic mass is 32.1. The molecule has 1 fully saturated rings. The van der Waals surface area contributed by atoms with E-state index in [0.29, 0.717) is 13.0 Å². The number of aromatic nitrogens is 2. The second kappa shape index (κ2) is 7.64. The number of nitrogens with zero attached hydrogens (tertiary/aromatic N) is 3. The Morgan fingerprint density at radius 2 is 1.86 bits per heavy atom. The zero-order chi connectivity index (χ0) is 19.6. The van der Waals surface area contributed by atoms with Crippen LogP contribution in [0.2, 0.25) is 0 Å². The average Bonchev–Trinajstić information content (AvgIpc) is 3.42. The largest absolute Gasteiger partial charge is 0.340 e. The highest BCUT2D eigenvalue weighted by Crippen LogP contribution is 2.29. The first kappa shape index (κ1) is 17.8. The molecule has 5 rings (SSSR count). The lowest BCUT2D eigenvalue weighted by molar-refractivity contribution is -0.128. The molecule has 0 saturated carbocycles. The molecular weight excluding hydrogens is 380 g/mol. The molecule has 1 N–H and O–H groups in total. The van der Waals surface area contributed by atoms with Crippen molar-refractivity contribution in [1.82, 2.24) is 14.9 Å². The van der Waals surface area contributed by atoms with Crippen LogP contribution in [0.25, 0.3) is 21.6 Å². The third kappa shape index (κ3) is 3.71. The fraction of sp³-hybridized carbons (Fsp3) is 0.174. The van der Waals surface area contributed by atoms with Crippen LogP contribution < -0.4 is 5.32 Å². The van der Waals surface area contributed by atoms with E-state index in [4.69, 9.17) is 9.97 Å². The SMILES string of the molecule is O=C1CCCN1Cc1ccc(Nc2nc(-c3cccs3)nc3ccccc23)cc1. The van der Waals surface area contributed by atoms with Gasteiger partial charge in [-0.25, -0.2) is 9.97 Å². The van der Waals surface area contributed by atoms with E-state index in [9.17, 15) is 4.79 Å². The number of para-hydroxylation sites is 1. The fourth-order valence-corrected chi connectivity index (χ4v) is 4.27. The molecule has 0 unspecified atom stereocenters. The summed E-state index contributed by atoms with van der Waals surface area (Å²) in [5.41, 5.74) is 3.01. The monoisotopic (exact) mass is 400 g/mol. The number of amides is 1. The van der Waals surface area contributed by atoms with Crippen LogP contribution in [-0.4, -0.2) is 27.3 Å². The number of hydrogen-bond acceptors (Lipinski definition) is 5. The molecule has 6 heteroatoms. The standard InChI is InChI=1S/C23H20N4OS/c28-21-8-3-13-27(21)15-16-9-11-17(12-10-16)24-22-18-5-1-2-6-19(18)25-23(26-22)20-7-4-14-29-20/h1-2,4-7,9-12,14H,3,8,13,15H2,(H,24,25,26). The van der Waals surface area contributed by atoms with Crippen LogP contribution in [0, 0.1) is 0 Å². The van der Waals surface area contributed by atoms with Gasteiger partial charge in [0.1, 0.15) is 5.82 Å². The van der Waals surface area contributed by atoms with Crippen LogP contribution in [0.15, 0.2) is 66.0 Å². The van der Waals surface area contributed by atoms with Crippen LogP contribution in [0.5, 0.6) is 0 Å². The number of likely N-dealkylation sites (tertiary alicyclic amines) is 1. The maximum Gasteiger partial charge on any atom is 0.222 e. The van der Waals surface area contributed by atoms with Crippen LogP contribution >= 0.6 is 11.3 Å². The Morgan fingerprint density at radius 3 is 2.62 bits per heavy atom. The zero-order valence-electron chi connectivity index (χ0n) is 15.8. The predicted octanol–water partition coefficient (Wildman–Crippen LogP) is 5.22. The molecule has 4 aromatic rings. The number of benzene rings is 2. The first-order chi connectivity index (χ1) is 14.3. The molecular formula is C23H20N4OS. The number of carbonyl (C=O) groups excluding carboxylic acids is 1. The summed E-state index contributed by atoms with van der Waals surface area (Å²) in [7, 11) is 0. The zero-order valence-corrected chi connectivity index (χ0v) is 16.7. The van der Waals surface area contributed by atoms with Crippen molar-refractivity contribution in [2.45, 2.75) is 19.4 Å². The lowest BCUT2D eigenvalue weighted by atomic mass is 10.2. The molecule has 0 bridgehead atoms.